The van der Waals surface area contributed by atoms with Gasteiger partial charge in [-0.3, -0.25) is 0 Å². The Bertz CT molecular complexity index is 330. The second kappa shape index (κ2) is 5.86. The predicted molar refractivity (Wildman–Crippen MR) is 57.4 cm³/mol. The molecule has 1 aromatic carbocycles. The van der Waals surface area contributed by atoms with Gasteiger partial charge in [0.15, 0.2) is 0 Å². The van der Waals surface area contributed by atoms with E-state index in [-0.39, 0.29) is 0 Å². The molecule has 0 heterocycles. The van der Waals surface area contributed by atoms with Crippen LogP contribution in [0, 0.1) is 0 Å². The fourth-order valence-corrected chi connectivity index (χ4v) is 1.12. The van der Waals surface area contributed by atoms with Crippen molar-refractivity contribution in [1.29, 1.82) is 0 Å². The molecule has 0 N–H and O–H groups in total. The van der Waals surface area contributed by atoms with Crippen molar-refractivity contribution in [3.8, 4) is 0 Å². The van der Waals surface area contributed by atoms with E-state index in [0.29, 0.717) is 18.8 Å². The van der Waals surface area contributed by atoms with Gasteiger partial charge in [-0.2, -0.15) is 0 Å². The number of allylic oxidation sites excluding steroid dienone is 1. The van der Waals surface area contributed by atoms with Crippen molar-refractivity contribution >= 4 is 6.16 Å². The zero-order chi connectivity index (χ0) is 11.1. The lowest BCUT2D eigenvalue weighted by atomic mass is 10.1. The Morgan fingerprint density at radius 3 is 2.60 bits per heavy atom. The molecule has 0 atom stereocenters. The minimum absolute atomic E-state index is 0.303. The standard InChI is InChI=1S/C12H14O3/c1-3-14-12(13)15-10(2)9-11-7-5-4-6-8-11/h4-8H,2-3,9H2,1H3. The highest BCUT2D eigenvalue weighted by Crippen LogP contribution is 2.07. The van der Waals surface area contributed by atoms with Crippen LogP contribution >= 0.6 is 0 Å². The Hall–Kier alpha value is -1.77. The topological polar surface area (TPSA) is 35.5 Å². The fraction of sp³-hybridized carbons (Fsp3) is 0.250. The quantitative estimate of drug-likeness (QED) is 0.561. The molecule has 0 radical (unpaired) electrons. The van der Waals surface area contributed by atoms with E-state index in [9.17, 15) is 4.79 Å². The van der Waals surface area contributed by atoms with Crippen molar-refractivity contribution in [2.75, 3.05) is 6.61 Å². The van der Waals surface area contributed by atoms with Gasteiger partial charge < -0.3 is 9.47 Å². The van der Waals surface area contributed by atoms with Crippen LogP contribution in [0.15, 0.2) is 42.7 Å². The van der Waals surface area contributed by atoms with E-state index in [0.717, 1.165) is 5.56 Å². The Morgan fingerprint density at radius 1 is 1.33 bits per heavy atom. The second-order valence-electron chi connectivity index (χ2n) is 2.99. The largest absolute Gasteiger partial charge is 0.513 e. The van der Waals surface area contributed by atoms with E-state index in [1.807, 2.05) is 30.3 Å². The molecule has 1 rings (SSSR count). The Labute approximate surface area is 89.3 Å². The molecule has 0 amide bonds. The highest BCUT2D eigenvalue weighted by molar-refractivity contribution is 5.61. The summed E-state index contributed by atoms with van der Waals surface area (Å²) in [6.45, 7) is 5.68. The van der Waals surface area contributed by atoms with Crippen LogP contribution in [0.25, 0.3) is 0 Å². The third-order valence-corrected chi connectivity index (χ3v) is 1.73. The van der Waals surface area contributed by atoms with Crippen LogP contribution in [0.3, 0.4) is 0 Å². The maximum Gasteiger partial charge on any atom is 0.513 e. The summed E-state index contributed by atoms with van der Waals surface area (Å²) >= 11 is 0. The summed E-state index contributed by atoms with van der Waals surface area (Å²) in [4.78, 5) is 10.9. The molecule has 0 aliphatic rings. The Kier molecular flexibility index (Phi) is 4.41. The SMILES string of the molecule is C=C(Cc1ccccc1)OC(=O)OCC. The Balaban J connectivity index is 2.40. The Morgan fingerprint density at radius 2 is 2.00 bits per heavy atom. The van der Waals surface area contributed by atoms with Gasteiger partial charge in [-0.05, 0) is 12.5 Å². The highest BCUT2D eigenvalue weighted by atomic mass is 16.7. The lowest BCUT2D eigenvalue weighted by molar-refractivity contribution is 0.0807. The second-order valence-corrected chi connectivity index (χ2v) is 2.99. The average Bonchev–Trinajstić information content (AvgIpc) is 2.19. The van der Waals surface area contributed by atoms with Crippen LogP contribution in [-0.4, -0.2) is 12.8 Å². The average molecular weight is 206 g/mol. The number of ether oxygens (including phenoxy) is 2. The smallest absolute Gasteiger partial charge is 0.434 e. The third-order valence-electron chi connectivity index (χ3n) is 1.73. The fourth-order valence-electron chi connectivity index (χ4n) is 1.12. The number of carbonyl (C=O) groups is 1. The third kappa shape index (κ3) is 4.31. The molecule has 0 saturated heterocycles. The van der Waals surface area contributed by atoms with Crippen LogP contribution in [0.1, 0.15) is 12.5 Å². The lowest BCUT2D eigenvalue weighted by Gasteiger charge is -2.06. The first kappa shape index (κ1) is 11.3. The van der Waals surface area contributed by atoms with Gasteiger partial charge in [0, 0.05) is 6.42 Å². The van der Waals surface area contributed by atoms with Crippen LogP contribution in [0.5, 0.6) is 0 Å². The molecule has 0 aromatic heterocycles. The molecule has 3 nitrogen and oxygen atoms in total. The maximum absolute atomic E-state index is 10.9. The minimum atomic E-state index is -0.696. The van der Waals surface area contributed by atoms with E-state index >= 15 is 0 Å². The van der Waals surface area contributed by atoms with Crippen LogP contribution in [0.4, 0.5) is 4.79 Å². The van der Waals surface area contributed by atoms with Gasteiger partial charge in [-0.1, -0.05) is 36.9 Å². The van der Waals surface area contributed by atoms with Crippen LogP contribution < -0.4 is 0 Å². The zero-order valence-electron chi connectivity index (χ0n) is 8.73. The van der Waals surface area contributed by atoms with Gasteiger partial charge in [-0.25, -0.2) is 4.79 Å². The summed E-state index contributed by atoms with van der Waals surface area (Å²) in [5.41, 5.74) is 1.05. The van der Waals surface area contributed by atoms with Gasteiger partial charge in [0.2, 0.25) is 0 Å². The molecule has 0 saturated carbocycles. The molecule has 0 fully saturated rings. The summed E-state index contributed by atoms with van der Waals surface area (Å²) in [7, 11) is 0. The van der Waals surface area contributed by atoms with Gasteiger partial charge in [0.25, 0.3) is 0 Å². The number of carbonyl (C=O) groups excluding carboxylic acids is 1. The van der Waals surface area contributed by atoms with Crippen LogP contribution in [0.2, 0.25) is 0 Å². The lowest BCUT2D eigenvalue weighted by Crippen LogP contribution is -2.07. The van der Waals surface area contributed by atoms with Gasteiger partial charge in [-0.15, -0.1) is 0 Å². The van der Waals surface area contributed by atoms with Crippen molar-refractivity contribution in [2.24, 2.45) is 0 Å². The molecule has 0 aliphatic heterocycles. The van der Waals surface area contributed by atoms with Crippen molar-refractivity contribution in [1.82, 2.24) is 0 Å². The van der Waals surface area contributed by atoms with Gasteiger partial charge in [0.1, 0.15) is 5.76 Å². The highest BCUT2D eigenvalue weighted by Gasteiger charge is 2.05. The molecule has 0 bridgehead atoms. The number of hydrogen-bond donors (Lipinski definition) is 0. The number of hydrogen-bond acceptors (Lipinski definition) is 3. The number of benzene rings is 1. The molecule has 0 spiro atoms. The van der Waals surface area contributed by atoms with Gasteiger partial charge >= 0.3 is 6.16 Å². The van der Waals surface area contributed by atoms with Crippen molar-refractivity contribution in [3.05, 3.63) is 48.2 Å². The summed E-state index contributed by atoms with van der Waals surface area (Å²) in [6.07, 6.45) is -0.182. The molecule has 0 unspecified atom stereocenters. The van der Waals surface area contributed by atoms with Crippen LogP contribution in [-0.2, 0) is 15.9 Å². The number of rotatable bonds is 4. The van der Waals surface area contributed by atoms with E-state index in [1.54, 1.807) is 6.92 Å². The van der Waals surface area contributed by atoms with E-state index in [4.69, 9.17) is 4.74 Å². The van der Waals surface area contributed by atoms with E-state index in [2.05, 4.69) is 11.3 Å². The molecule has 0 aliphatic carbocycles. The molecule has 15 heavy (non-hydrogen) atoms. The first-order chi connectivity index (χ1) is 7.22. The van der Waals surface area contributed by atoms with E-state index < -0.39 is 6.16 Å². The molecule has 1 aromatic rings. The molecular formula is C12H14O3. The van der Waals surface area contributed by atoms with Gasteiger partial charge in [0.05, 0.1) is 6.61 Å². The monoisotopic (exact) mass is 206 g/mol. The maximum atomic E-state index is 10.9. The molecular weight excluding hydrogens is 192 g/mol. The minimum Gasteiger partial charge on any atom is -0.434 e. The van der Waals surface area contributed by atoms with Crippen molar-refractivity contribution in [3.63, 3.8) is 0 Å². The van der Waals surface area contributed by atoms with Crippen molar-refractivity contribution in [2.45, 2.75) is 13.3 Å². The normalized spacial score (nSPS) is 9.40. The first-order valence-corrected chi connectivity index (χ1v) is 4.78. The molecule has 80 valence electrons. The summed E-state index contributed by atoms with van der Waals surface area (Å²) in [5, 5.41) is 0. The van der Waals surface area contributed by atoms with Crippen molar-refractivity contribution < 1.29 is 14.3 Å². The summed E-state index contributed by atoms with van der Waals surface area (Å²) < 4.78 is 9.47. The first-order valence-electron chi connectivity index (χ1n) is 4.78. The van der Waals surface area contributed by atoms with E-state index in [1.165, 1.54) is 0 Å². The zero-order valence-corrected chi connectivity index (χ0v) is 8.73. The summed E-state index contributed by atoms with van der Waals surface area (Å²) in [5.74, 6) is 0.389. The molecule has 3 heteroatoms. The summed E-state index contributed by atoms with van der Waals surface area (Å²) in [6, 6.07) is 9.66. The predicted octanol–water partition coefficient (Wildman–Crippen LogP) is 2.92.